The second-order valence-corrected chi connectivity index (χ2v) is 11.5. The van der Waals surface area contributed by atoms with Gasteiger partial charge in [-0.05, 0) is 78.3 Å². The summed E-state index contributed by atoms with van der Waals surface area (Å²) >= 11 is 0. The zero-order valence-electron chi connectivity index (χ0n) is 27.1. The average Bonchev–Trinajstić information content (AvgIpc) is 3.58. The zero-order chi connectivity index (χ0) is 33.1. The van der Waals surface area contributed by atoms with Gasteiger partial charge in [0.2, 0.25) is 0 Å². The Balaban J connectivity index is 0.00000600. The molecule has 3 aromatic carbocycles. The first-order valence-corrected chi connectivity index (χ1v) is 15.8. The molecule has 0 saturated carbocycles. The monoisotopic (exact) mass is 667 g/mol. The summed E-state index contributed by atoms with van der Waals surface area (Å²) in [7, 11) is 0. The van der Waals surface area contributed by atoms with Crippen molar-refractivity contribution in [2.75, 3.05) is 19.6 Å². The van der Waals surface area contributed by atoms with E-state index in [4.69, 9.17) is 10.5 Å². The number of nitrogens with one attached hydrogen (secondary N) is 2. The molecule has 11 heteroatoms. The molecule has 4 N–H and O–H groups in total. The van der Waals surface area contributed by atoms with Crippen molar-refractivity contribution in [3.05, 3.63) is 113 Å². The lowest BCUT2D eigenvalue weighted by molar-refractivity contribution is 0.0238. The van der Waals surface area contributed by atoms with E-state index in [9.17, 15) is 18.4 Å². The van der Waals surface area contributed by atoms with Crippen LogP contribution in [0, 0.1) is 11.6 Å². The van der Waals surface area contributed by atoms with Crippen molar-refractivity contribution in [3.8, 4) is 11.1 Å². The Hall–Kier alpha value is -4.12. The molecule has 0 aliphatic carbocycles. The molecule has 4 rings (SSSR count). The van der Waals surface area contributed by atoms with Crippen LogP contribution in [0.25, 0.3) is 11.1 Å². The summed E-state index contributed by atoms with van der Waals surface area (Å²) in [6, 6.07) is 15.5. The Morgan fingerprint density at radius 1 is 0.915 bits per heavy atom. The molecule has 47 heavy (non-hydrogen) atoms. The molecule has 8 nitrogen and oxygen atoms in total. The molecule has 0 spiro atoms. The normalized spacial score (nSPS) is 12.2. The van der Waals surface area contributed by atoms with Crippen LogP contribution in [0.5, 0.6) is 0 Å². The van der Waals surface area contributed by atoms with Crippen LogP contribution >= 0.6 is 12.4 Å². The van der Waals surface area contributed by atoms with Crippen LogP contribution in [-0.4, -0.2) is 58.8 Å². The second kappa shape index (κ2) is 18.3. The second-order valence-electron chi connectivity index (χ2n) is 11.5. The predicted molar refractivity (Wildman–Crippen MR) is 183 cm³/mol. The van der Waals surface area contributed by atoms with Gasteiger partial charge >= 0.3 is 5.97 Å². The fourth-order valence-corrected chi connectivity index (χ4v) is 5.42. The number of aromatic nitrogens is 2. The van der Waals surface area contributed by atoms with Gasteiger partial charge in [-0.1, -0.05) is 45.0 Å². The van der Waals surface area contributed by atoms with Crippen LogP contribution in [0.15, 0.2) is 73.1 Å². The van der Waals surface area contributed by atoms with E-state index in [0.29, 0.717) is 41.9 Å². The number of nitrogens with zero attached hydrogens (tertiary/aromatic N) is 2. The van der Waals surface area contributed by atoms with E-state index in [-0.39, 0.29) is 36.8 Å². The van der Waals surface area contributed by atoms with Crippen molar-refractivity contribution in [1.82, 2.24) is 20.4 Å². The molecule has 2 atom stereocenters. The van der Waals surface area contributed by atoms with Crippen LogP contribution in [-0.2, 0) is 24.1 Å². The highest BCUT2D eigenvalue weighted by atomic mass is 35.5. The number of hydrogen-bond donors (Lipinski definition) is 3. The highest BCUT2D eigenvalue weighted by molar-refractivity contribution is 6.00. The highest BCUT2D eigenvalue weighted by Crippen LogP contribution is 2.24. The Bertz CT molecular complexity index is 1580. The minimum Gasteiger partial charge on any atom is -0.456 e. The number of rotatable bonds is 16. The average molecular weight is 668 g/mol. The van der Waals surface area contributed by atoms with E-state index in [2.05, 4.69) is 34.6 Å². The van der Waals surface area contributed by atoms with Gasteiger partial charge in [0.05, 0.1) is 11.8 Å². The van der Waals surface area contributed by atoms with Crippen LogP contribution in [0.3, 0.4) is 0 Å². The van der Waals surface area contributed by atoms with Crippen LogP contribution in [0.2, 0.25) is 0 Å². The van der Waals surface area contributed by atoms with Gasteiger partial charge in [0, 0.05) is 55.6 Å². The number of aromatic amines is 1. The molecule has 0 aliphatic rings. The molecule has 0 radical (unpaired) electrons. The van der Waals surface area contributed by atoms with Gasteiger partial charge < -0.3 is 20.7 Å². The number of halogens is 3. The summed E-state index contributed by atoms with van der Waals surface area (Å²) in [4.78, 5) is 29.1. The molecule has 0 bridgehead atoms. The topological polar surface area (TPSA) is 113 Å². The molecule has 1 heterocycles. The van der Waals surface area contributed by atoms with Crippen molar-refractivity contribution in [2.24, 2.45) is 5.73 Å². The number of nitrogens with two attached hydrogens (primary N) is 1. The third-order valence-electron chi connectivity index (χ3n) is 7.73. The van der Waals surface area contributed by atoms with Gasteiger partial charge in [-0.2, -0.15) is 5.10 Å². The molecular weight excluding hydrogens is 624 g/mol. The van der Waals surface area contributed by atoms with Gasteiger partial charge in [-0.15, -0.1) is 12.4 Å². The molecule has 252 valence electrons. The number of esters is 1. The van der Waals surface area contributed by atoms with Crippen molar-refractivity contribution in [1.29, 1.82) is 0 Å². The molecule has 1 amide bonds. The number of H-pyrrole nitrogens is 1. The Morgan fingerprint density at radius 2 is 1.60 bits per heavy atom. The lowest BCUT2D eigenvalue weighted by Crippen LogP contribution is -2.46. The van der Waals surface area contributed by atoms with E-state index in [1.54, 1.807) is 35.5 Å². The number of benzene rings is 3. The Morgan fingerprint density at radius 3 is 2.23 bits per heavy atom. The zero-order valence-corrected chi connectivity index (χ0v) is 27.9. The third-order valence-corrected chi connectivity index (χ3v) is 7.73. The third kappa shape index (κ3) is 10.7. The van der Waals surface area contributed by atoms with Crippen LogP contribution in [0.1, 0.15) is 71.0 Å². The minimum absolute atomic E-state index is 0. The van der Waals surface area contributed by atoms with E-state index < -0.39 is 29.7 Å². The minimum atomic E-state index is -0.860. The van der Waals surface area contributed by atoms with Gasteiger partial charge in [-0.3, -0.25) is 9.89 Å². The maximum absolute atomic E-state index is 14.0. The number of ether oxygens (including phenoxy) is 1. The molecule has 4 aromatic rings. The van der Waals surface area contributed by atoms with Crippen molar-refractivity contribution < 1.29 is 23.1 Å². The maximum Gasteiger partial charge on any atom is 0.338 e. The van der Waals surface area contributed by atoms with Gasteiger partial charge in [-0.25, -0.2) is 13.6 Å². The first-order valence-electron chi connectivity index (χ1n) is 15.8. The summed E-state index contributed by atoms with van der Waals surface area (Å²) in [5, 5.41) is 10.1. The van der Waals surface area contributed by atoms with Gasteiger partial charge in [0.25, 0.3) is 5.91 Å². The van der Waals surface area contributed by atoms with E-state index in [1.165, 1.54) is 17.7 Å². The van der Waals surface area contributed by atoms with Crippen LogP contribution in [0.4, 0.5) is 8.78 Å². The van der Waals surface area contributed by atoms with E-state index in [1.807, 2.05) is 26.0 Å². The summed E-state index contributed by atoms with van der Waals surface area (Å²) in [5.74, 6) is -2.27. The molecule has 0 saturated heterocycles. The van der Waals surface area contributed by atoms with Crippen molar-refractivity contribution >= 4 is 24.3 Å². The highest BCUT2D eigenvalue weighted by Gasteiger charge is 2.26. The van der Waals surface area contributed by atoms with Crippen molar-refractivity contribution in [3.63, 3.8) is 0 Å². The van der Waals surface area contributed by atoms with Gasteiger partial charge in [0.1, 0.15) is 17.7 Å². The number of carbonyl (C=O) groups is 2. The summed E-state index contributed by atoms with van der Waals surface area (Å²) in [5.41, 5.74) is 11.0. The Kier molecular flexibility index (Phi) is 14.5. The first kappa shape index (κ1) is 37.3. The number of carbonyl (C=O) groups excluding carboxylic acids is 2. The fourth-order valence-electron chi connectivity index (χ4n) is 5.42. The maximum atomic E-state index is 14.0. The lowest BCUT2D eigenvalue weighted by Gasteiger charge is -2.25. The molecule has 0 unspecified atom stereocenters. The van der Waals surface area contributed by atoms with E-state index in [0.717, 1.165) is 30.9 Å². The first-order chi connectivity index (χ1) is 22.2. The Labute approximate surface area is 281 Å². The molecular formula is C36H44ClF2N5O3. The molecule has 0 aliphatic heterocycles. The largest absolute Gasteiger partial charge is 0.456 e. The number of hydrogen-bond acceptors (Lipinski definition) is 6. The fraction of sp³-hybridized carbons (Fsp3) is 0.361. The summed E-state index contributed by atoms with van der Waals surface area (Å²) in [6.45, 7) is 7.98. The summed E-state index contributed by atoms with van der Waals surface area (Å²) < 4.78 is 33.9. The summed E-state index contributed by atoms with van der Waals surface area (Å²) in [6.07, 6.45) is 5.01. The lowest BCUT2D eigenvalue weighted by atomic mass is 10.00. The SMILES string of the molecule is CCCN(CCC)C(=O)c1cc(C(=O)O[C@H](CNCc2cccc(CC)c2)[C@@H](N)Cc2cc(F)cc(F)c2)cc(-c2cn[nH]c2)c1.Cl. The molecule has 0 fully saturated rings. The van der Waals surface area contributed by atoms with Crippen LogP contribution < -0.4 is 11.1 Å². The standard InChI is InChI=1S/C36H43F2N5O3.ClH/c1-4-10-43(11-5-2)35(44)28-16-27(30-21-41-42-22-30)17-29(18-28)36(45)46-34(23-40-20-25-9-7-8-24(6-3)12-25)33(39)15-26-13-31(37)19-32(38)14-26;/h7-9,12-14,16-19,21-22,33-34,40H,4-6,10-11,15,20,23,39H2,1-3H3,(H,41,42);1H/t33-,34+;/m0./s1. The van der Waals surface area contributed by atoms with E-state index >= 15 is 0 Å². The quantitative estimate of drug-likeness (QED) is 0.118. The van der Waals surface area contributed by atoms with Gasteiger partial charge in [0.15, 0.2) is 0 Å². The predicted octanol–water partition coefficient (Wildman–Crippen LogP) is 6.49. The van der Waals surface area contributed by atoms with Crippen molar-refractivity contribution in [2.45, 2.75) is 65.1 Å². The molecule has 1 aromatic heterocycles. The number of amides is 1. The number of aryl methyl sites for hydroxylation is 1. The smallest absolute Gasteiger partial charge is 0.338 e.